The van der Waals surface area contributed by atoms with Gasteiger partial charge in [-0.2, -0.15) is 0 Å². The number of aromatic nitrogens is 2. The van der Waals surface area contributed by atoms with E-state index < -0.39 is 0 Å². The van der Waals surface area contributed by atoms with E-state index in [0.717, 1.165) is 5.65 Å². The first kappa shape index (κ1) is 4.56. The third-order valence-electron chi connectivity index (χ3n) is 1.22. The first-order chi connectivity index (χ1) is 4.47. The Bertz CT molecular complexity index is 281. The molecule has 0 aliphatic carbocycles. The lowest BCUT2D eigenvalue weighted by Gasteiger charge is -1.87. The van der Waals surface area contributed by atoms with Crippen LogP contribution >= 0.6 is 0 Å². The van der Waals surface area contributed by atoms with Gasteiger partial charge in [0.25, 0.3) is 0 Å². The summed E-state index contributed by atoms with van der Waals surface area (Å²) < 4.78 is 1.85. The lowest BCUT2D eigenvalue weighted by atomic mass is 10.6. The first-order valence-corrected chi connectivity index (χ1v) is 2.76. The molecule has 0 fully saturated rings. The van der Waals surface area contributed by atoms with Crippen molar-refractivity contribution < 1.29 is 0 Å². The zero-order valence-corrected chi connectivity index (χ0v) is 4.78. The van der Waals surface area contributed by atoms with E-state index in [9.17, 15) is 0 Å². The maximum Gasteiger partial charge on any atom is 0.137 e. The normalized spacial score (nSPS) is 10.2. The predicted molar refractivity (Wildman–Crippen MR) is 34.0 cm³/mol. The summed E-state index contributed by atoms with van der Waals surface area (Å²) in [6, 6.07) is 5.64. The molecule has 0 unspecified atom stereocenters. The zero-order valence-electron chi connectivity index (χ0n) is 4.78. The van der Waals surface area contributed by atoms with Gasteiger partial charge in [-0.1, -0.05) is 0 Å². The maximum absolute atomic E-state index is 4.07. The van der Waals surface area contributed by atoms with E-state index in [2.05, 4.69) is 11.2 Å². The third kappa shape index (κ3) is 0.598. The lowest BCUT2D eigenvalue weighted by molar-refractivity contribution is 1.12. The Kier molecular flexibility index (Phi) is 0.803. The summed E-state index contributed by atoms with van der Waals surface area (Å²) in [7, 11) is 0. The van der Waals surface area contributed by atoms with Crippen molar-refractivity contribution in [2.75, 3.05) is 0 Å². The molecule has 9 heavy (non-hydrogen) atoms. The van der Waals surface area contributed by atoms with Gasteiger partial charge in [-0.25, -0.2) is 4.98 Å². The van der Waals surface area contributed by atoms with Crippen LogP contribution in [-0.4, -0.2) is 9.38 Å². The molecule has 0 atom stereocenters. The minimum Gasteiger partial charge on any atom is -0.300 e. The largest absolute Gasteiger partial charge is 0.300 e. The lowest BCUT2D eigenvalue weighted by Crippen LogP contribution is -1.81. The topological polar surface area (TPSA) is 17.3 Å². The second kappa shape index (κ2) is 1.58. The Hall–Kier alpha value is -1.31. The average Bonchev–Trinajstić information content (AvgIpc) is 2.33. The molecule has 2 rings (SSSR count). The van der Waals surface area contributed by atoms with Gasteiger partial charge in [0, 0.05) is 12.4 Å². The minimum absolute atomic E-state index is 0.942. The Labute approximate surface area is 52.8 Å². The summed E-state index contributed by atoms with van der Waals surface area (Å²) >= 11 is 0. The molecule has 2 nitrogen and oxygen atoms in total. The van der Waals surface area contributed by atoms with Gasteiger partial charge < -0.3 is 0 Å². The molecule has 2 heteroatoms. The Morgan fingerprint density at radius 1 is 1.56 bits per heavy atom. The zero-order chi connectivity index (χ0) is 6.10. The molecule has 1 radical (unpaired) electrons. The van der Waals surface area contributed by atoms with Crippen molar-refractivity contribution in [3.63, 3.8) is 0 Å². The fraction of sp³-hybridized carbons (Fsp3) is 0. The number of nitrogens with zero attached hydrogens (tertiary/aromatic N) is 2. The molecule has 0 saturated heterocycles. The monoisotopic (exact) mass is 117 g/mol. The van der Waals surface area contributed by atoms with E-state index in [0.29, 0.717) is 0 Å². The second-order valence-electron chi connectivity index (χ2n) is 1.81. The van der Waals surface area contributed by atoms with Crippen LogP contribution in [-0.2, 0) is 0 Å². The molecule has 0 N–H and O–H groups in total. The summed E-state index contributed by atoms with van der Waals surface area (Å²) in [5, 5.41) is 0. The van der Waals surface area contributed by atoms with Crippen molar-refractivity contribution in [1.82, 2.24) is 9.38 Å². The van der Waals surface area contributed by atoms with Crippen molar-refractivity contribution >= 4 is 5.65 Å². The summed E-state index contributed by atoms with van der Waals surface area (Å²) in [6.45, 7) is 0. The van der Waals surface area contributed by atoms with Crippen LogP contribution in [0, 0.1) is 6.20 Å². The van der Waals surface area contributed by atoms with Crippen LogP contribution in [0.4, 0.5) is 0 Å². The van der Waals surface area contributed by atoms with Gasteiger partial charge in [0.1, 0.15) is 5.65 Å². The Balaban J connectivity index is 2.95. The summed E-state index contributed by atoms with van der Waals surface area (Å²) in [5.74, 6) is 0. The van der Waals surface area contributed by atoms with Crippen LogP contribution < -0.4 is 0 Å². The number of rotatable bonds is 0. The fourth-order valence-electron chi connectivity index (χ4n) is 0.807. The standard InChI is InChI=1S/C7H5N2/c1-3-7-8-4-2-6-9(7)5-1/h1-4,6H. The highest BCUT2D eigenvalue weighted by Crippen LogP contribution is 1.96. The third-order valence-corrected chi connectivity index (χ3v) is 1.22. The summed E-state index contributed by atoms with van der Waals surface area (Å²) in [6.07, 6.45) is 6.66. The SMILES string of the molecule is [c]1ccc2ncccn12. The molecular weight excluding hydrogens is 112 g/mol. The van der Waals surface area contributed by atoms with Crippen molar-refractivity contribution in [2.45, 2.75) is 0 Å². The van der Waals surface area contributed by atoms with Gasteiger partial charge in [0.05, 0.1) is 6.20 Å². The maximum atomic E-state index is 4.07. The minimum atomic E-state index is 0.942. The van der Waals surface area contributed by atoms with Crippen molar-refractivity contribution in [3.8, 4) is 0 Å². The number of hydrogen-bond acceptors (Lipinski definition) is 1. The molecule has 0 aromatic carbocycles. The second-order valence-corrected chi connectivity index (χ2v) is 1.81. The molecule has 0 bridgehead atoms. The molecule has 0 aliphatic rings. The quantitative estimate of drug-likeness (QED) is 0.505. The van der Waals surface area contributed by atoms with E-state index in [1.54, 1.807) is 6.20 Å². The molecule has 2 aromatic heterocycles. The van der Waals surface area contributed by atoms with Gasteiger partial charge >= 0.3 is 0 Å². The van der Waals surface area contributed by atoms with Crippen molar-refractivity contribution in [2.24, 2.45) is 0 Å². The highest BCUT2D eigenvalue weighted by molar-refractivity contribution is 5.36. The van der Waals surface area contributed by atoms with E-state index in [1.807, 2.05) is 28.8 Å². The molecule has 0 spiro atoms. The van der Waals surface area contributed by atoms with Gasteiger partial charge in [-0.15, -0.1) is 0 Å². The molecule has 0 aliphatic heterocycles. The Morgan fingerprint density at radius 3 is 3.44 bits per heavy atom. The average molecular weight is 117 g/mol. The molecule has 0 saturated carbocycles. The van der Waals surface area contributed by atoms with Gasteiger partial charge in [0.2, 0.25) is 0 Å². The molecular formula is C7H5N2. The predicted octanol–water partition coefficient (Wildman–Crippen LogP) is 1.13. The smallest absolute Gasteiger partial charge is 0.137 e. The van der Waals surface area contributed by atoms with Crippen molar-refractivity contribution in [3.05, 3.63) is 36.8 Å². The van der Waals surface area contributed by atoms with Crippen LogP contribution in [0.1, 0.15) is 0 Å². The van der Waals surface area contributed by atoms with Gasteiger partial charge in [0.15, 0.2) is 0 Å². The van der Waals surface area contributed by atoms with E-state index in [-0.39, 0.29) is 0 Å². The van der Waals surface area contributed by atoms with E-state index >= 15 is 0 Å². The summed E-state index contributed by atoms with van der Waals surface area (Å²) in [4.78, 5) is 4.07. The fourth-order valence-corrected chi connectivity index (χ4v) is 0.807. The van der Waals surface area contributed by atoms with Crippen LogP contribution in [0.2, 0.25) is 0 Å². The van der Waals surface area contributed by atoms with Gasteiger partial charge in [-0.3, -0.25) is 4.40 Å². The van der Waals surface area contributed by atoms with Crippen LogP contribution in [0.25, 0.3) is 5.65 Å². The highest BCUT2D eigenvalue weighted by atomic mass is 14.9. The first-order valence-electron chi connectivity index (χ1n) is 2.76. The van der Waals surface area contributed by atoms with Crippen LogP contribution in [0.3, 0.4) is 0 Å². The number of hydrogen-bond donors (Lipinski definition) is 0. The van der Waals surface area contributed by atoms with Crippen LogP contribution in [0.15, 0.2) is 30.6 Å². The number of fused-ring (bicyclic) bond motifs is 1. The van der Waals surface area contributed by atoms with Gasteiger partial charge in [-0.05, 0) is 18.2 Å². The van der Waals surface area contributed by atoms with Crippen LogP contribution in [0.5, 0.6) is 0 Å². The Morgan fingerprint density at radius 2 is 2.56 bits per heavy atom. The summed E-state index contributed by atoms with van der Waals surface area (Å²) in [5.41, 5.74) is 0.942. The molecule has 0 amide bonds. The van der Waals surface area contributed by atoms with E-state index in [4.69, 9.17) is 0 Å². The molecule has 43 valence electrons. The van der Waals surface area contributed by atoms with Crippen molar-refractivity contribution in [1.29, 1.82) is 0 Å². The highest BCUT2D eigenvalue weighted by Gasteiger charge is 1.86. The van der Waals surface area contributed by atoms with E-state index in [1.165, 1.54) is 0 Å². The molecule has 2 aromatic rings. The molecule has 2 heterocycles.